The molecule has 3 aromatic rings. The summed E-state index contributed by atoms with van der Waals surface area (Å²) in [6.45, 7) is 2.03. The highest BCUT2D eigenvalue weighted by atomic mass is 32.1. The molecule has 0 spiro atoms. The summed E-state index contributed by atoms with van der Waals surface area (Å²) < 4.78 is 16.3. The lowest BCUT2D eigenvalue weighted by atomic mass is 10.1. The van der Waals surface area contributed by atoms with Gasteiger partial charge in [-0.2, -0.15) is 5.10 Å². The normalized spacial score (nSPS) is 14.4. The van der Waals surface area contributed by atoms with E-state index in [1.165, 1.54) is 4.88 Å². The number of aromatic amines is 1. The van der Waals surface area contributed by atoms with Crippen LogP contribution in [0.1, 0.15) is 28.2 Å². The van der Waals surface area contributed by atoms with Gasteiger partial charge in [0.2, 0.25) is 0 Å². The van der Waals surface area contributed by atoms with Crippen LogP contribution in [0.15, 0.2) is 41.8 Å². The summed E-state index contributed by atoms with van der Waals surface area (Å²) in [5.41, 5.74) is 1.88. The summed E-state index contributed by atoms with van der Waals surface area (Å²) in [7, 11) is 3.23. The lowest BCUT2D eigenvalue weighted by Gasteiger charge is -2.34. The van der Waals surface area contributed by atoms with Crippen molar-refractivity contribution in [3.63, 3.8) is 0 Å². The van der Waals surface area contributed by atoms with Crippen LogP contribution in [0, 0.1) is 0 Å². The Kier molecular flexibility index (Phi) is 6.89. The van der Waals surface area contributed by atoms with Crippen LogP contribution in [0.4, 0.5) is 0 Å². The average Bonchev–Trinajstić information content (AvgIpc) is 3.52. The topological polar surface area (TPSA) is 76.7 Å². The maximum absolute atomic E-state index is 13.5. The highest BCUT2D eigenvalue weighted by Gasteiger charge is 2.28. The largest absolute Gasteiger partial charge is 0.497 e. The molecule has 1 aliphatic heterocycles. The van der Waals surface area contributed by atoms with Gasteiger partial charge in [-0.15, -0.1) is 11.3 Å². The number of carbonyl (C=O) groups excluding carboxylic acids is 1. The number of rotatable bonds is 8. The molecule has 0 aliphatic carbocycles. The molecule has 8 heteroatoms. The van der Waals surface area contributed by atoms with E-state index in [2.05, 4.69) is 21.6 Å². The van der Waals surface area contributed by atoms with Gasteiger partial charge in [0, 0.05) is 36.2 Å². The van der Waals surface area contributed by atoms with Crippen molar-refractivity contribution in [1.29, 1.82) is 0 Å². The Morgan fingerprint density at radius 3 is 2.77 bits per heavy atom. The van der Waals surface area contributed by atoms with E-state index in [1.54, 1.807) is 31.6 Å². The highest BCUT2D eigenvalue weighted by Crippen LogP contribution is 2.33. The number of amides is 1. The number of H-pyrrole nitrogens is 1. The summed E-state index contributed by atoms with van der Waals surface area (Å²) in [5, 5.41) is 9.41. The number of ether oxygens (including phenoxy) is 3. The molecule has 1 amide bonds. The van der Waals surface area contributed by atoms with Gasteiger partial charge in [-0.3, -0.25) is 9.89 Å². The molecular formula is C23H27N3O4S. The fourth-order valence-corrected chi connectivity index (χ4v) is 4.57. The van der Waals surface area contributed by atoms with Gasteiger partial charge >= 0.3 is 0 Å². The first-order valence-corrected chi connectivity index (χ1v) is 11.3. The zero-order valence-electron chi connectivity index (χ0n) is 17.8. The lowest BCUT2D eigenvalue weighted by molar-refractivity contribution is 0.0290. The molecule has 1 saturated heterocycles. The number of methoxy groups -OCH3 is 2. The molecule has 4 rings (SSSR count). The van der Waals surface area contributed by atoms with Crippen LogP contribution in [0.5, 0.6) is 11.5 Å². The molecule has 1 N–H and O–H groups in total. The molecule has 1 aliphatic rings. The van der Waals surface area contributed by atoms with Crippen molar-refractivity contribution in [2.24, 2.45) is 0 Å². The SMILES string of the molecule is COc1ccc(OC)c(-c2cc(C(=O)N(CCc3cccs3)C3CCOCC3)[nH]n2)c1. The Hall–Kier alpha value is -2.84. The van der Waals surface area contributed by atoms with Crippen molar-refractivity contribution >= 4 is 17.2 Å². The summed E-state index contributed by atoms with van der Waals surface area (Å²) in [4.78, 5) is 16.7. The molecule has 2 aromatic heterocycles. The molecule has 0 saturated carbocycles. The smallest absolute Gasteiger partial charge is 0.272 e. The predicted molar refractivity (Wildman–Crippen MR) is 120 cm³/mol. The van der Waals surface area contributed by atoms with E-state index in [1.807, 2.05) is 29.2 Å². The Labute approximate surface area is 185 Å². The zero-order valence-corrected chi connectivity index (χ0v) is 18.6. The standard InChI is InChI=1S/C23H27N3O4S/c1-28-17-5-6-22(29-2)19(14-17)20-15-21(25-24-20)23(27)26(16-8-11-30-12-9-16)10-7-18-4-3-13-31-18/h3-6,13-16H,7-12H2,1-2H3,(H,24,25). The maximum atomic E-state index is 13.5. The van der Waals surface area contributed by atoms with Crippen LogP contribution in [-0.4, -0.2) is 61.0 Å². The third-order valence-corrected chi connectivity index (χ3v) is 6.50. The number of thiophene rings is 1. The van der Waals surface area contributed by atoms with Gasteiger partial charge in [-0.25, -0.2) is 0 Å². The van der Waals surface area contributed by atoms with Crippen LogP contribution in [0.25, 0.3) is 11.3 Å². The van der Waals surface area contributed by atoms with Crippen molar-refractivity contribution < 1.29 is 19.0 Å². The molecule has 3 heterocycles. The van der Waals surface area contributed by atoms with Gasteiger partial charge in [0.1, 0.15) is 17.2 Å². The second-order valence-electron chi connectivity index (χ2n) is 7.40. The molecule has 7 nitrogen and oxygen atoms in total. The minimum atomic E-state index is -0.0379. The van der Waals surface area contributed by atoms with E-state index in [-0.39, 0.29) is 11.9 Å². The number of benzene rings is 1. The Morgan fingerprint density at radius 1 is 1.23 bits per heavy atom. The fourth-order valence-electron chi connectivity index (χ4n) is 3.87. The molecule has 164 valence electrons. The van der Waals surface area contributed by atoms with Gasteiger partial charge in [0.25, 0.3) is 5.91 Å². The van der Waals surface area contributed by atoms with Crippen molar-refractivity contribution in [3.8, 4) is 22.8 Å². The van der Waals surface area contributed by atoms with E-state index in [0.717, 1.165) is 24.8 Å². The van der Waals surface area contributed by atoms with E-state index < -0.39 is 0 Å². The van der Waals surface area contributed by atoms with Gasteiger partial charge in [-0.1, -0.05) is 6.07 Å². The third kappa shape index (κ3) is 4.91. The molecule has 1 aromatic carbocycles. The first kappa shape index (κ1) is 21.4. The Morgan fingerprint density at radius 2 is 2.06 bits per heavy atom. The molecule has 0 atom stereocenters. The number of hydrogen-bond donors (Lipinski definition) is 1. The van der Waals surface area contributed by atoms with Crippen LogP contribution in [0.3, 0.4) is 0 Å². The zero-order chi connectivity index (χ0) is 21.6. The molecule has 1 fully saturated rings. The summed E-state index contributed by atoms with van der Waals surface area (Å²) in [5.74, 6) is 1.33. The summed E-state index contributed by atoms with van der Waals surface area (Å²) >= 11 is 1.72. The van der Waals surface area contributed by atoms with Gasteiger partial charge < -0.3 is 19.1 Å². The fraction of sp³-hybridized carbons (Fsp3) is 0.391. The summed E-state index contributed by atoms with van der Waals surface area (Å²) in [6, 6.07) is 11.6. The van der Waals surface area contributed by atoms with Crippen LogP contribution >= 0.6 is 11.3 Å². The second-order valence-corrected chi connectivity index (χ2v) is 8.44. The monoisotopic (exact) mass is 441 g/mol. The van der Waals surface area contributed by atoms with E-state index >= 15 is 0 Å². The van der Waals surface area contributed by atoms with Crippen LogP contribution in [0.2, 0.25) is 0 Å². The van der Waals surface area contributed by atoms with Gasteiger partial charge in [-0.05, 0) is 55.0 Å². The van der Waals surface area contributed by atoms with Crippen molar-refractivity contribution in [2.75, 3.05) is 34.0 Å². The number of nitrogens with one attached hydrogen (secondary N) is 1. The molecule has 0 radical (unpaired) electrons. The van der Waals surface area contributed by atoms with Crippen LogP contribution < -0.4 is 9.47 Å². The molecule has 31 heavy (non-hydrogen) atoms. The maximum Gasteiger partial charge on any atom is 0.272 e. The Balaban J connectivity index is 1.58. The number of hydrogen-bond acceptors (Lipinski definition) is 6. The minimum absolute atomic E-state index is 0.0379. The number of carbonyl (C=O) groups is 1. The average molecular weight is 442 g/mol. The van der Waals surface area contributed by atoms with Gasteiger partial charge in [0.15, 0.2) is 0 Å². The predicted octanol–water partition coefficient (Wildman–Crippen LogP) is 4.02. The van der Waals surface area contributed by atoms with E-state index in [9.17, 15) is 4.79 Å². The highest BCUT2D eigenvalue weighted by molar-refractivity contribution is 7.09. The lowest BCUT2D eigenvalue weighted by Crippen LogP contribution is -2.44. The summed E-state index contributed by atoms with van der Waals surface area (Å²) in [6.07, 6.45) is 2.53. The number of nitrogens with zero attached hydrogens (tertiary/aromatic N) is 2. The molecule has 0 bridgehead atoms. The van der Waals surface area contributed by atoms with Crippen molar-refractivity contribution in [3.05, 3.63) is 52.3 Å². The number of aromatic nitrogens is 2. The minimum Gasteiger partial charge on any atom is -0.497 e. The van der Waals surface area contributed by atoms with Crippen molar-refractivity contribution in [2.45, 2.75) is 25.3 Å². The first-order valence-electron chi connectivity index (χ1n) is 10.4. The Bertz CT molecular complexity index is 996. The van der Waals surface area contributed by atoms with Crippen LogP contribution in [-0.2, 0) is 11.2 Å². The van der Waals surface area contributed by atoms with E-state index in [0.29, 0.717) is 42.6 Å². The quantitative estimate of drug-likeness (QED) is 0.571. The molecular weight excluding hydrogens is 414 g/mol. The third-order valence-electron chi connectivity index (χ3n) is 5.56. The first-order chi connectivity index (χ1) is 15.2. The van der Waals surface area contributed by atoms with E-state index in [4.69, 9.17) is 14.2 Å². The van der Waals surface area contributed by atoms with Crippen molar-refractivity contribution in [1.82, 2.24) is 15.1 Å². The second kappa shape index (κ2) is 9.98. The molecule has 0 unspecified atom stereocenters. The van der Waals surface area contributed by atoms with Gasteiger partial charge in [0.05, 0.1) is 19.9 Å².